The Morgan fingerprint density at radius 3 is 1.86 bits per heavy atom. The van der Waals surface area contributed by atoms with Crippen LogP contribution in [0, 0.1) is 17.5 Å². The molecule has 1 rings (SSSR count). The highest BCUT2D eigenvalue weighted by Crippen LogP contribution is 2.22. The van der Waals surface area contributed by atoms with Crippen LogP contribution < -0.4 is 4.74 Å². The first-order valence-electron chi connectivity index (χ1n) is 4.42. The number of rotatable bonds is 2. The van der Waals surface area contributed by atoms with Crippen LogP contribution in [0.2, 0.25) is 0 Å². The van der Waals surface area contributed by atoms with Crippen LogP contribution in [0.25, 0.3) is 0 Å². The van der Waals surface area contributed by atoms with E-state index < -0.39 is 23.2 Å². The molecule has 1 aromatic carbocycles. The molecule has 0 bridgehead atoms. The third kappa shape index (κ3) is 3.28. The van der Waals surface area contributed by atoms with Crippen LogP contribution in [0.15, 0.2) is 12.1 Å². The summed E-state index contributed by atoms with van der Waals surface area (Å²) >= 11 is 0. The van der Waals surface area contributed by atoms with Gasteiger partial charge >= 0.3 is 0 Å². The molecule has 1 aromatic rings. The van der Waals surface area contributed by atoms with Gasteiger partial charge in [-0.1, -0.05) is 13.8 Å². The van der Waals surface area contributed by atoms with E-state index in [-0.39, 0.29) is 6.61 Å². The maximum Gasteiger partial charge on any atom is 0.190 e. The molecule has 0 spiro atoms. The summed E-state index contributed by atoms with van der Waals surface area (Å²) in [5.41, 5.74) is 0. The van der Waals surface area contributed by atoms with Crippen molar-refractivity contribution in [3.63, 3.8) is 0 Å². The van der Waals surface area contributed by atoms with Gasteiger partial charge in [0, 0.05) is 12.1 Å². The third-order valence-electron chi connectivity index (χ3n) is 1.25. The number of hydrogen-bond acceptors (Lipinski definition) is 1. The summed E-state index contributed by atoms with van der Waals surface area (Å²) in [4.78, 5) is 0. The SMILES string of the molecule is CC.CCOc1c(F)cc(F)cc1F. The minimum absolute atomic E-state index is 0.138. The van der Waals surface area contributed by atoms with Crippen LogP contribution in [-0.2, 0) is 0 Å². The molecule has 0 N–H and O–H groups in total. The number of halogens is 3. The first-order chi connectivity index (χ1) is 6.65. The lowest BCUT2D eigenvalue weighted by Gasteiger charge is -2.04. The molecule has 14 heavy (non-hydrogen) atoms. The molecule has 0 saturated carbocycles. The molecule has 0 fully saturated rings. The summed E-state index contributed by atoms with van der Waals surface area (Å²) in [6, 6.07) is 1.15. The van der Waals surface area contributed by atoms with Crippen LogP contribution in [0.1, 0.15) is 20.8 Å². The second kappa shape index (κ2) is 6.29. The Labute approximate surface area is 81.5 Å². The van der Waals surface area contributed by atoms with Crippen LogP contribution in [0.5, 0.6) is 5.75 Å². The average Bonchev–Trinajstić information content (AvgIpc) is 2.14. The van der Waals surface area contributed by atoms with E-state index in [4.69, 9.17) is 0 Å². The molecule has 1 nitrogen and oxygen atoms in total. The summed E-state index contributed by atoms with van der Waals surface area (Å²) in [5, 5.41) is 0. The van der Waals surface area contributed by atoms with E-state index in [0.29, 0.717) is 12.1 Å². The molecule has 80 valence electrons. The standard InChI is InChI=1S/C8H7F3O.C2H6/c1-2-12-8-6(10)3-5(9)4-7(8)11;1-2/h3-4H,2H2,1H3;1-2H3. The first kappa shape index (κ1) is 12.8. The highest BCUT2D eigenvalue weighted by Gasteiger charge is 2.11. The van der Waals surface area contributed by atoms with Gasteiger partial charge in [-0.3, -0.25) is 0 Å². The third-order valence-corrected chi connectivity index (χ3v) is 1.25. The molecule has 0 amide bonds. The molecule has 0 aromatic heterocycles. The zero-order valence-electron chi connectivity index (χ0n) is 8.40. The van der Waals surface area contributed by atoms with E-state index in [1.165, 1.54) is 0 Å². The van der Waals surface area contributed by atoms with E-state index in [2.05, 4.69) is 4.74 Å². The van der Waals surface area contributed by atoms with Crippen molar-refractivity contribution in [2.45, 2.75) is 20.8 Å². The smallest absolute Gasteiger partial charge is 0.190 e. The minimum atomic E-state index is -1.02. The molecule has 0 aliphatic rings. The fourth-order valence-corrected chi connectivity index (χ4v) is 0.811. The van der Waals surface area contributed by atoms with E-state index in [9.17, 15) is 13.2 Å². The van der Waals surface area contributed by atoms with Gasteiger partial charge in [0.15, 0.2) is 17.4 Å². The van der Waals surface area contributed by atoms with Crippen LogP contribution >= 0.6 is 0 Å². The zero-order valence-corrected chi connectivity index (χ0v) is 8.40. The molecular weight excluding hydrogens is 193 g/mol. The van der Waals surface area contributed by atoms with Gasteiger partial charge in [0.1, 0.15) is 5.82 Å². The van der Waals surface area contributed by atoms with E-state index in [1.54, 1.807) is 6.92 Å². The van der Waals surface area contributed by atoms with Crippen LogP contribution in [-0.4, -0.2) is 6.61 Å². The maximum atomic E-state index is 12.7. The molecule has 0 aliphatic heterocycles. The average molecular weight is 206 g/mol. The highest BCUT2D eigenvalue weighted by atomic mass is 19.1. The van der Waals surface area contributed by atoms with Crippen molar-refractivity contribution in [3.8, 4) is 5.75 Å². The Morgan fingerprint density at radius 1 is 1.07 bits per heavy atom. The van der Waals surface area contributed by atoms with Gasteiger partial charge in [0.05, 0.1) is 6.61 Å². The van der Waals surface area contributed by atoms with E-state index >= 15 is 0 Å². The fourth-order valence-electron chi connectivity index (χ4n) is 0.811. The largest absolute Gasteiger partial charge is 0.488 e. The Bertz CT molecular complexity index is 264. The summed E-state index contributed by atoms with van der Waals surface area (Å²) in [5.74, 6) is -3.52. The Balaban J connectivity index is 0.000000791. The van der Waals surface area contributed by atoms with Gasteiger partial charge in [-0.15, -0.1) is 0 Å². The van der Waals surface area contributed by atoms with Crippen molar-refractivity contribution in [3.05, 3.63) is 29.6 Å². The topological polar surface area (TPSA) is 9.23 Å². The Hall–Kier alpha value is -1.19. The highest BCUT2D eigenvalue weighted by molar-refractivity contribution is 5.26. The molecule has 0 heterocycles. The summed E-state index contributed by atoms with van der Waals surface area (Å²) < 4.78 is 42.3. The molecule has 4 heteroatoms. The van der Waals surface area contributed by atoms with E-state index in [0.717, 1.165) is 0 Å². The summed E-state index contributed by atoms with van der Waals surface area (Å²) in [7, 11) is 0. The molecular formula is C10H13F3O. The first-order valence-corrected chi connectivity index (χ1v) is 4.42. The van der Waals surface area contributed by atoms with Crippen LogP contribution in [0.4, 0.5) is 13.2 Å². The predicted molar refractivity (Wildman–Crippen MR) is 48.8 cm³/mol. The second-order valence-electron chi connectivity index (χ2n) is 2.13. The molecule has 0 atom stereocenters. The second-order valence-corrected chi connectivity index (χ2v) is 2.13. The molecule has 0 aliphatic carbocycles. The monoisotopic (exact) mass is 206 g/mol. The zero-order chi connectivity index (χ0) is 11.1. The van der Waals surface area contributed by atoms with Gasteiger partial charge in [-0.25, -0.2) is 13.2 Å². The molecule has 0 radical (unpaired) electrons. The lowest BCUT2D eigenvalue weighted by atomic mass is 10.3. The lowest BCUT2D eigenvalue weighted by Crippen LogP contribution is -1.98. The maximum absolute atomic E-state index is 12.7. The van der Waals surface area contributed by atoms with Crippen LogP contribution in [0.3, 0.4) is 0 Å². The van der Waals surface area contributed by atoms with Crippen molar-refractivity contribution in [2.75, 3.05) is 6.61 Å². The van der Waals surface area contributed by atoms with Crippen molar-refractivity contribution >= 4 is 0 Å². The molecule has 0 saturated heterocycles. The summed E-state index contributed by atoms with van der Waals surface area (Å²) in [6.45, 7) is 5.72. The number of ether oxygens (including phenoxy) is 1. The van der Waals surface area contributed by atoms with Gasteiger partial charge in [-0.2, -0.15) is 0 Å². The van der Waals surface area contributed by atoms with Gasteiger partial charge in [0.25, 0.3) is 0 Å². The normalized spacial score (nSPS) is 9.00. The van der Waals surface area contributed by atoms with Crippen molar-refractivity contribution in [2.24, 2.45) is 0 Å². The Morgan fingerprint density at radius 2 is 1.50 bits per heavy atom. The number of hydrogen-bond donors (Lipinski definition) is 0. The number of benzene rings is 1. The predicted octanol–water partition coefficient (Wildman–Crippen LogP) is 3.53. The van der Waals surface area contributed by atoms with Gasteiger partial charge < -0.3 is 4.74 Å². The van der Waals surface area contributed by atoms with Crippen molar-refractivity contribution in [1.29, 1.82) is 0 Å². The van der Waals surface area contributed by atoms with Gasteiger partial charge in [-0.05, 0) is 6.92 Å². The van der Waals surface area contributed by atoms with E-state index in [1.807, 2.05) is 13.8 Å². The minimum Gasteiger partial charge on any atom is -0.488 e. The summed E-state index contributed by atoms with van der Waals surface area (Å²) in [6.07, 6.45) is 0. The fraction of sp³-hybridized carbons (Fsp3) is 0.400. The lowest BCUT2D eigenvalue weighted by molar-refractivity contribution is 0.300. The van der Waals surface area contributed by atoms with Gasteiger partial charge in [0.2, 0.25) is 0 Å². The molecule has 0 unspecified atom stereocenters. The van der Waals surface area contributed by atoms with Crippen molar-refractivity contribution < 1.29 is 17.9 Å². The quantitative estimate of drug-likeness (QED) is 0.719. The Kier molecular flexibility index (Phi) is 5.76. The van der Waals surface area contributed by atoms with Crippen molar-refractivity contribution in [1.82, 2.24) is 0 Å².